The number of halogens is 3. The second kappa shape index (κ2) is 41.5. The Hall–Kier alpha value is -4.52. The van der Waals surface area contributed by atoms with Crippen LogP contribution < -0.4 is 61.2 Å². The molecule has 7 rings (SSSR count). The average Bonchev–Trinajstić information content (AvgIpc) is 3.08. The maximum Gasteiger partial charge on any atom is 1.00 e. The topological polar surface area (TPSA) is 342 Å². The molecule has 0 radical (unpaired) electrons. The molecule has 13 N–H and O–H groups in total. The molecule has 0 spiro atoms. The molecule has 1 aliphatic heterocycles. The number of H-pyrrole nitrogens is 1. The normalized spacial score (nSPS) is 16.0. The number of phenolic OH excluding ortho intramolecular Hbond substituents is 1. The number of piperidine rings is 1. The van der Waals surface area contributed by atoms with Crippen molar-refractivity contribution in [2.24, 2.45) is 39.3 Å². The number of benzene rings is 3. The Morgan fingerprint density at radius 1 is 0.768 bits per heavy atom. The Bertz CT molecular complexity index is 2670. The molecular formula is C58H91I3N7NaO13. The van der Waals surface area contributed by atoms with Crippen molar-refractivity contribution in [2.45, 2.75) is 135 Å². The molecule has 3 aliphatic rings. The summed E-state index contributed by atoms with van der Waals surface area (Å²) in [5.41, 5.74) is 16.9. The fraction of sp³-hybridized carbons (Fsp3) is 0.466. The number of phenols is 1. The first-order chi connectivity index (χ1) is 38.7. The number of aromatic nitrogens is 1. The van der Waals surface area contributed by atoms with Gasteiger partial charge in [0.25, 0.3) is 0 Å². The van der Waals surface area contributed by atoms with Crippen molar-refractivity contribution in [2.75, 3.05) is 20.2 Å². The van der Waals surface area contributed by atoms with E-state index in [0.717, 1.165) is 78.1 Å². The van der Waals surface area contributed by atoms with Gasteiger partial charge in [-0.25, -0.2) is 24.6 Å². The molecule has 3 fully saturated rings. The van der Waals surface area contributed by atoms with Crippen molar-refractivity contribution in [1.29, 1.82) is 0 Å². The Balaban J connectivity index is -0.000000249. The Morgan fingerprint density at radius 2 is 1.32 bits per heavy atom. The number of ether oxygens (including phenoxy) is 2. The van der Waals surface area contributed by atoms with E-state index in [1.54, 1.807) is 57.2 Å². The van der Waals surface area contributed by atoms with Crippen LogP contribution >= 0.6 is 67.8 Å². The minimum absolute atomic E-state index is 0. The van der Waals surface area contributed by atoms with Crippen molar-refractivity contribution in [3.05, 3.63) is 101 Å². The van der Waals surface area contributed by atoms with Crippen LogP contribution in [-0.2, 0) is 30.4 Å². The van der Waals surface area contributed by atoms with Crippen LogP contribution in [0.15, 0.2) is 89.1 Å². The Kier molecular flexibility index (Phi) is 37.2. The van der Waals surface area contributed by atoms with E-state index < -0.39 is 35.9 Å². The van der Waals surface area contributed by atoms with Crippen molar-refractivity contribution >= 4 is 121 Å². The van der Waals surface area contributed by atoms with Gasteiger partial charge in [-0.2, -0.15) is 5.10 Å². The molecular weight excluding hydrogens is 1410 g/mol. The zero-order chi connectivity index (χ0) is 59.7. The molecule has 2 unspecified atom stereocenters. The standard InChI is InChI=1S/C19H35N.C16H23N5O.C15H12I3NO4.2C4H4O4.Na.6H2.H/c1-3-9-16(10-4-1)19(17-11-5-2-6-12-17)15-18-13-7-8-14-20-18;1-3-4-5-8-18-16(17)21-20-11-12-10-19-15-7-6-13(22-2)9-14(12)15;16-9-6-8(1-2-13(9)20)23-14-10(17)3-7(4-11(14)18)5-12(19)15(21)22;2*5-3(6)1-2-4(7)8;;;;;;;;/h16-20H,1-15H2;6-7,9-11,19H,3-5,8H2,1-2H3,(H3,17,18,21);1-4,6,12,20H,5,19H2,(H,21,22);2*1-2H,(H,5,6)(H,7,8);;6*1H;/q;;;;;+1;;;;;;;-1/b;;;2*2-1-;;;;;;;;. The van der Waals surface area contributed by atoms with Gasteiger partial charge in [0.05, 0.1) is 24.0 Å². The van der Waals surface area contributed by atoms with Gasteiger partial charge >= 0.3 is 59.4 Å². The summed E-state index contributed by atoms with van der Waals surface area (Å²) < 4.78 is 13.6. The summed E-state index contributed by atoms with van der Waals surface area (Å²) in [5, 5.41) is 58.7. The molecule has 458 valence electrons. The molecule has 20 nitrogen and oxygen atoms in total. The van der Waals surface area contributed by atoms with Gasteiger partial charge < -0.3 is 63.3 Å². The van der Waals surface area contributed by atoms with Crippen LogP contribution in [-0.4, -0.2) is 110 Å². The van der Waals surface area contributed by atoms with Crippen LogP contribution in [0.1, 0.15) is 137 Å². The summed E-state index contributed by atoms with van der Waals surface area (Å²) in [6, 6.07) is 14.5. The zero-order valence-corrected chi connectivity index (χ0v) is 55.3. The molecule has 2 heterocycles. The third-order valence-corrected chi connectivity index (χ3v) is 16.0. The van der Waals surface area contributed by atoms with E-state index in [-0.39, 0.29) is 51.7 Å². The first-order valence-corrected chi connectivity index (χ1v) is 30.3. The van der Waals surface area contributed by atoms with Gasteiger partial charge in [-0.05, 0) is 178 Å². The summed E-state index contributed by atoms with van der Waals surface area (Å²) >= 11 is 6.33. The number of guanidine groups is 1. The van der Waals surface area contributed by atoms with Crippen molar-refractivity contribution in [3.63, 3.8) is 0 Å². The fourth-order valence-electron chi connectivity index (χ4n) is 9.59. The predicted octanol–water partition coefficient (Wildman–Crippen LogP) is 9.87. The Labute approximate surface area is 553 Å². The number of aliphatic carboxylic acids is 5. The quantitative estimate of drug-likeness (QED) is 0.00745. The SMILES string of the molecule is C1CCC(C(CC2CCCCN2)C2CCCCC2)CC1.CCCCCN=C(N)NN=Cc1c[nH]c2ccc(OC)cc12.NC(Cc1cc(I)c(Oc2ccc(O)c(I)c2)c(I)c1)C(=O)O.O=C(O)/C=C\C(=O)O.O=C(O)/C=C\C(=O)O.[H-].[HH].[HH].[HH].[HH].[HH].[HH].[Na+]. The van der Waals surface area contributed by atoms with E-state index in [4.69, 9.17) is 46.5 Å². The van der Waals surface area contributed by atoms with Crippen LogP contribution in [0.4, 0.5) is 0 Å². The summed E-state index contributed by atoms with van der Waals surface area (Å²) in [6.07, 6.45) is 30.6. The largest absolute Gasteiger partial charge is 1.00 e. The summed E-state index contributed by atoms with van der Waals surface area (Å²) in [6.45, 7) is 4.17. The minimum atomic E-state index is -1.26. The maximum atomic E-state index is 10.9. The number of carboxylic acids is 5. The number of nitrogens with zero attached hydrogens (tertiary/aromatic N) is 2. The van der Waals surface area contributed by atoms with Gasteiger partial charge in [-0.1, -0.05) is 90.4 Å². The van der Waals surface area contributed by atoms with Gasteiger partial charge in [-0.3, -0.25) is 9.79 Å². The second-order valence-electron chi connectivity index (χ2n) is 19.6. The molecule has 3 aromatic carbocycles. The minimum Gasteiger partial charge on any atom is -1.00 e. The average molecular weight is 1500 g/mol. The van der Waals surface area contributed by atoms with Crippen molar-refractivity contribution in [1.82, 2.24) is 15.7 Å². The zero-order valence-electron chi connectivity index (χ0n) is 47.8. The monoisotopic (exact) mass is 1500 g/mol. The number of hydrazone groups is 1. The molecule has 1 aromatic heterocycles. The number of aromatic hydroxyl groups is 1. The van der Waals surface area contributed by atoms with E-state index in [1.807, 2.05) is 59.1 Å². The van der Waals surface area contributed by atoms with E-state index in [2.05, 4.69) is 77.9 Å². The van der Waals surface area contributed by atoms with Gasteiger partial charge in [0.2, 0.25) is 5.96 Å². The van der Waals surface area contributed by atoms with Gasteiger partial charge in [-0.15, -0.1) is 0 Å². The van der Waals surface area contributed by atoms with Gasteiger partial charge in [0.1, 0.15) is 23.3 Å². The number of fused-ring (bicyclic) bond motifs is 1. The number of carboxylic acid groups (broad SMARTS) is 5. The number of rotatable bonds is 20. The van der Waals surface area contributed by atoms with E-state index >= 15 is 0 Å². The molecule has 0 bridgehead atoms. The van der Waals surface area contributed by atoms with Crippen LogP contribution in [0.2, 0.25) is 0 Å². The maximum absolute atomic E-state index is 10.9. The van der Waals surface area contributed by atoms with Crippen LogP contribution in [0.5, 0.6) is 23.0 Å². The van der Waals surface area contributed by atoms with Crippen LogP contribution in [0.3, 0.4) is 0 Å². The predicted molar refractivity (Wildman–Crippen MR) is 353 cm³/mol. The molecule has 2 atom stereocenters. The Morgan fingerprint density at radius 3 is 1.80 bits per heavy atom. The molecule has 4 aromatic rings. The molecule has 2 aliphatic carbocycles. The van der Waals surface area contributed by atoms with E-state index in [9.17, 15) is 29.1 Å². The number of hydrogen-bond donors (Lipinski definition) is 11. The van der Waals surface area contributed by atoms with Crippen LogP contribution in [0.25, 0.3) is 10.9 Å². The number of hydrogen-bond acceptors (Lipinski definition) is 12. The number of unbranched alkanes of at least 4 members (excludes halogenated alkanes) is 2. The third kappa shape index (κ3) is 29.8. The number of nitrogens with one attached hydrogen (secondary N) is 3. The number of nitrogens with two attached hydrogens (primary N) is 2. The third-order valence-electron chi connectivity index (χ3n) is 13.5. The first kappa shape index (κ1) is 73.6. The molecule has 0 amide bonds. The molecule has 1 saturated heterocycles. The van der Waals surface area contributed by atoms with E-state index in [1.165, 1.54) is 77.2 Å². The van der Waals surface area contributed by atoms with Crippen molar-refractivity contribution < 1.29 is 104 Å². The summed E-state index contributed by atoms with van der Waals surface area (Å²) in [5.74, 6) is -0.152. The second-order valence-corrected chi connectivity index (χ2v) is 23.1. The molecule has 24 heteroatoms. The van der Waals surface area contributed by atoms with Crippen LogP contribution in [0, 0.1) is 28.5 Å². The number of carbonyl (C=O) groups is 5. The molecule has 2 saturated carbocycles. The summed E-state index contributed by atoms with van der Waals surface area (Å²) in [7, 11) is 1.65. The molecule has 82 heavy (non-hydrogen) atoms. The first-order valence-electron chi connectivity index (χ1n) is 27.1. The number of methoxy groups -OCH3 is 1. The van der Waals surface area contributed by atoms with E-state index in [0.29, 0.717) is 45.3 Å². The number of aromatic amines is 1. The number of aliphatic imine (C=N–C) groups is 1. The van der Waals surface area contributed by atoms with Crippen molar-refractivity contribution in [3.8, 4) is 23.0 Å². The van der Waals surface area contributed by atoms with Gasteiger partial charge in [0.15, 0.2) is 5.75 Å². The fourth-order valence-corrected chi connectivity index (χ4v) is 12.2. The smallest absolute Gasteiger partial charge is 1.00 e. The van der Waals surface area contributed by atoms with Gasteiger partial charge in [0, 0.05) is 68.1 Å². The summed E-state index contributed by atoms with van der Waals surface area (Å²) in [4.78, 5) is 56.5.